The van der Waals surface area contributed by atoms with Crippen LogP contribution in [0.3, 0.4) is 0 Å². The number of hydrogen-bond acceptors (Lipinski definition) is 5. The van der Waals surface area contributed by atoms with Crippen LogP contribution in [0.5, 0.6) is 0 Å². The molecule has 0 aliphatic carbocycles. The zero-order chi connectivity index (χ0) is 19.6. The lowest BCUT2D eigenvalue weighted by atomic mass is 10.1. The van der Waals surface area contributed by atoms with Gasteiger partial charge in [-0.3, -0.25) is 0 Å². The van der Waals surface area contributed by atoms with E-state index in [1.807, 2.05) is 12.3 Å². The Morgan fingerprint density at radius 1 is 1.21 bits per heavy atom. The zero-order valence-corrected chi connectivity index (χ0v) is 20.2. The van der Waals surface area contributed by atoms with E-state index in [-0.39, 0.29) is 24.0 Å². The highest BCUT2D eigenvalue weighted by molar-refractivity contribution is 14.0. The minimum absolute atomic E-state index is 0. The summed E-state index contributed by atoms with van der Waals surface area (Å²) in [7, 11) is 0. The number of aliphatic imine (C=N–C) groups is 1. The number of morpholine rings is 1. The fraction of sp³-hybridized carbons (Fsp3) is 0.714. The maximum atomic E-state index is 5.48. The molecule has 1 aromatic heterocycles. The molecule has 29 heavy (non-hydrogen) atoms. The van der Waals surface area contributed by atoms with Crippen LogP contribution in [-0.2, 0) is 11.3 Å². The predicted molar refractivity (Wildman–Crippen MR) is 130 cm³/mol. The van der Waals surface area contributed by atoms with Crippen LogP contribution in [0, 0.1) is 0 Å². The number of anilines is 1. The van der Waals surface area contributed by atoms with E-state index in [0.717, 1.165) is 44.6 Å². The highest BCUT2D eigenvalue weighted by Crippen LogP contribution is 2.19. The molecule has 3 rings (SSSR count). The molecule has 0 spiro atoms. The first kappa shape index (κ1) is 24.1. The molecule has 1 aromatic rings. The Kier molecular flexibility index (Phi) is 11.0. The van der Waals surface area contributed by atoms with Crippen LogP contribution in [0.2, 0.25) is 0 Å². The van der Waals surface area contributed by atoms with Gasteiger partial charge in [-0.25, -0.2) is 9.98 Å². The van der Waals surface area contributed by atoms with Gasteiger partial charge in [0.05, 0.1) is 19.8 Å². The van der Waals surface area contributed by atoms with Crippen LogP contribution >= 0.6 is 24.0 Å². The number of likely N-dealkylation sites (tertiary alicyclic amines) is 1. The van der Waals surface area contributed by atoms with Crippen molar-refractivity contribution < 1.29 is 4.74 Å². The van der Waals surface area contributed by atoms with E-state index in [1.54, 1.807) is 0 Å². The molecule has 0 saturated carbocycles. The van der Waals surface area contributed by atoms with Gasteiger partial charge in [-0.2, -0.15) is 0 Å². The number of aromatic nitrogens is 1. The first-order valence-corrected chi connectivity index (χ1v) is 10.8. The van der Waals surface area contributed by atoms with Gasteiger partial charge in [0.1, 0.15) is 5.82 Å². The van der Waals surface area contributed by atoms with Crippen molar-refractivity contribution in [1.29, 1.82) is 0 Å². The Hall–Kier alpha value is -1.13. The number of hydrogen-bond donors (Lipinski definition) is 2. The van der Waals surface area contributed by atoms with E-state index in [4.69, 9.17) is 9.73 Å². The van der Waals surface area contributed by atoms with E-state index >= 15 is 0 Å². The van der Waals surface area contributed by atoms with E-state index < -0.39 is 0 Å². The molecule has 2 fully saturated rings. The molecule has 0 aromatic carbocycles. The van der Waals surface area contributed by atoms with E-state index in [0.29, 0.717) is 12.6 Å². The van der Waals surface area contributed by atoms with Crippen LogP contribution in [0.1, 0.15) is 38.7 Å². The van der Waals surface area contributed by atoms with Crippen molar-refractivity contribution in [2.24, 2.45) is 4.99 Å². The van der Waals surface area contributed by atoms with Gasteiger partial charge in [-0.15, -0.1) is 24.0 Å². The van der Waals surface area contributed by atoms with Crippen molar-refractivity contribution in [1.82, 2.24) is 20.5 Å². The van der Waals surface area contributed by atoms with E-state index in [2.05, 4.69) is 45.3 Å². The quantitative estimate of drug-likeness (QED) is 0.330. The minimum atomic E-state index is 0. The summed E-state index contributed by atoms with van der Waals surface area (Å²) < 4.78 is 5.48. The second kappa shape index (κ2) is 13.2. The SMILES string of the molecule is CCCN1CCC(NC(=NCc2cccnc2N2CCOCC2)NCC)CC1.I. The number of pyridine rings is 1. The Morgan fingerprint density at radius 2 is 1.97 bits per heavy atom. The summed E-state index contributed by atoms with van der Waals surface area (Å²) in [4.78, 5) is 14.4. The van der Waals surface area contributed by atoms with Gasteiger partial charge in [0, 0.05) is 50.5 Å². The van der Waals surface area contributed by atoms with Crippen molar-refractivity contribution in [3.8, 4) is 0 Å². The molecule has 2 saturated heterocycles. The molecule has 3 heterocycles. The fourth-order valence-corrected chi connectivity index (χ4v) is 3.91. The highest BCUT2D eigenvalue weighted by atomic mass is 127. The lowest BCUT2D eigenvalue weighted by Crippen LogP contribution is -2.48. The topological polar surface area (TPSA) is 65.0 Å². The molecule has 0 atom stereocenters. The van der Waals surface area contributed by atoms with Crippen LogP contribution in [-0.4, -0.2) is 74.4 Å². The lowest BCUT2D eigenvalue weighted by Gasteiger charge is -2.33. The minimum Gasteiger partial charge on any atom is -0.378 e. The summed E-state index contributed by atoms with van der Waals surface area (Å²) in [5.41, 5.74) is 1.17. The fourth-order valence-electron chi connectivity index (χ4n) is 3.91. The third kappa shape index (κ3) is 7.57. The first-order chi connectivity index (χ1) is 13.8. The molecule has 2 aliphatic rings. The van der Waals surface area contributed by atoms with Crippen molar-refractivity contribution in [3.63, 3.8) is 0 Å². The van der Waals surface area contributed by atoms with Crippen LogP contribution < -0.4 is 15.5 Å². The molecule has 0 bridgehead atoms. The molecule has 164 valence electrons. The molecular formula is C21H37IN6O. The average Bonchev–Trinajstić information content (AvgIpc) is 2.74. The molecule has 7 nitrogen and oxygen atoms in total. The monoisotopic (exact) mass is 516 g/mol. The van der Waals surface area contributed by atoms with Crippen molar-refractivity contribution in [3.05, 3.63) is 23.9 Å². The Morgan fingerprint density at radius 3 is 2.66 bits per heavy atom. The average molecular weight is 516 g/mol. The molecule has 2 aliphatic heterocycles. The third-order valence-electron chi connectivity index (χ3n) is 5.40. The van der Waals surface area contributed by atoms with Gasteiger partial charge in [-0.05, 0) is 38.8 Å². The molecule has 2 N–H and O–H groups in total. The van der Waals surface area contributed by atoms with Crippen molar-refractivity contribution in [2.75, 3.05) is 57.4 Å². The highest BCUT2D eigenvalue weighted by Gasteiger charge is 2.20. The largest absolute Gasteiger partial charge is 0.378 e. The van der Waals surface area contributed by atoms with Gasteiger partial charge in [0.15, 0.2) is 5.96 Å². The summed E-state index contributed by atoms with van der Waals surface area (Å²) in [5.74, 6) is 1.95. The molecule has 0 unspecified atom stereocenters. The van der Waals surface area contributed by atoms with Crippen LogP contribution in [0.25, 0.3) is 0 Å². The number of guanidine groups is 1. The summed E-state index contributed by atoms with van der Waals surface area (Å²) in [5, 5.41) is 7.05. The number of rotatable bonds is 7. The standard InChI is InChI=1S/C21H36N6O.HI/c1-3-10-26-11-7-19(8-12-26)25-21(22-4-2)24-17-18-6-5-9-23-20(18)27-13-15-28-16-14-27;/h5-6,9,19H,3-4,7-8,10-17H2,1-2H3,(H2,22,24,25);1H. The Bertz CT molecular complexity index is 615. The molecule has 0 radical (unpaired) electrons. The normalized spacial score (nSPS) is 19.0. The smallest absolute Gasteiger partial charge is 0.191 e. The van der Waals surface area contributed by atoms with Gasteiger partial charge < -0.3 is 25.2 Å². The molecular weight excluding hydrogens is 479 g/mol. The summed E-state index contributed by atoms with van der Waals surface area (Å²) in [6.07, 6.45) is 5.46. The number of nitrogens with one attached hydrogen (secondary N) is 2. The van der Waals surface area contributed by atoms with E-state index in [9.17, 15) is 0 Å². The summed E-state index contributed by atoms with van der Waals surface area (Å²) in [6.45, 7) is 12.7. The maximum Gasteiger partial charge on any atom is 0.191 e. The number of nitrogens with zero attached hydrogens (tertiary/aromatic N) is 4. The van der Waals surface area contributed by atoms with Crippen LogP contribution in [0.15, 0.2) is 23.3 Å². The third-order valence-corrected chi connectivity index (χ3v) is 5.40. The van der Waals surface area contributed by atoms with Gasteiger partial charge in [0.2, 0.25) is 0 Å². The zero-order valence-electron chi connectivity index (χ0n) is 17.9. The van der Waals surface area contributed by atoms with Gasteiger partial charge in [-0.1, -0.05) is 13.0 Å². The van der Waals surface area contributed by atoms with Crippen molar-refractivity contribution >= 4 is 35.8 Å². The molecule has 8 heteroatoms. The van der Waals surface area contributed by atoms with Gasteiger partial charge >= 0.3 is 0 Å². The number of ether oxygens (including phenoxy) is 1. The first-order valence-electron chi connectivity index (χ1n) is 10.8. The lowest BCUT2D eigenvalue weighted by molar-refractivity contribution is 0.122. The predicted octanol–water partition coefficient (Wildman–Crippen LogP) is 2.47. The van der Waals surface area contributed by atoms with Crippen molar-refractivity contribution in [2.45, 2.75) is 45.7 Å². The number of piperidine rings is 1. The second-order valence-corrected chi connectivity index (χ2v) is 7.54. The molecule has 0 amide bonds. The number of halogens is 1. The van der Waals surface area contributed by atoms with Gasteiger partial charge in [0.25, 0.3) is 0 Å². The second-order valence-electron chi connectivity index (χ2n) is 7.54. The summed E-state index contributed by atoms with van der Waals surface area (Å²) in [6, 6.07) is 4.63. The maximum absolute atomic E-state index is 5.48. The van der Waals surface area contributed by atoms with E-state index in [1.165, 1.54) is 44.5 Å². The Labute approximate surface area is 192 Å². The summed E-state index contributed by atoms with van der Waals surface area (Å²) >= 11 is 0. The van der Waals surface area contributed by atoms with Crippen LogP contribution in [0.4, 0.5) is 5.82 Å². The Balaban J connectivity index is 0.00000300.